The number of likely N-dealkylation sites (N-methyl/N-ethyl adjacent to an activating group) is 1. The largest absolute Gasteiger partial charge is 0.497 e. The number of carbonyl (C=O) groups is 3. The van der Waals surface area contributed by atoms with Crippen molar-refractivity contribution in [2.75, 3.05) is 46.9 Å². The minimum atomic E-state index is -0.537. The molecule has 8 nitrogen and oxygen atoms in total. The number of esters is 1. The lowest BCUT2D eigenvalue weighted by Crippen LogP contribution is -2.56. The fourth-order valence-electron chi connectivity index (χ4n) is 5.37. The zero-order valence-electron chi connectivity index (χ0n) is 19.7. The zero-order valence-corrected chi connectivity index (χ0v) is 19.7. The van der Waals surface area contributed by atoms with E-state index in [1.807, 2.05) is 4.90 Å². The molecule has 2 aliphatic heterocycles. The first kappa shape index (κ1) is 23.1. The first-order chi connectivity index (χ1) is 16.0. The van der Waals surface area contributed by atoms with Crippen molar-refractivity contribution in [1.82, 2.24) is 14.7 Å². The molecule has 2 amide bonds. The first-order valence-corrected chi connectivity index (χ1v) is 11.8. The molecule has 0 aromatic heterocycles. The number of nitrogens with zero attached hydrogens (tertiary/aromatic N) is 3. The van der Waals surface area contributed by atoms with Crippen molar-refractivity contribution in [3.05, 3.63) is 41.1 Å². The summed E-state index contributed by atoms with van der Waals surface area (Å²) in [6.07, 6.45) is 4.07. The van der Waals surface area contributed by atoms with Crippen molar-refractivity contribution in [2.45, 2.75) is 38.6 Å². The van der Waals surface area contributed by atoms with E-state index in [9.17, 15) is 14.4 Å². The average molecular weight is 456 g/mol. The second-order valence-corrected chi connectivity index (χ2v) is 8.86. The van der Waals surface area contributed by atoms with Gasteiger partial charge in [-0.25, -0.2) is 4.79 Å². The van der Waals surface area contributed by atoms with E-state index in [-0.39, 0.29) is 36.0 Å². The summed E-state index contributed by atoms with van der Waals surface area (Å²) >= 11 is 0. The molecule has 0 bridgehead atoms. The lowest BCUT2D eigenvalue weighted by atomic mass is 9.76. The molecule has 2 fully saturated rings. The Labute approximate surface area is 195 Å². The third-order valence-corrected chi connectivity index (χ3v) is 7.09. The normalized spacial score (nSPS) is 23.4. The van der Waals surface area contributed by atoms with Crippen molar-refractivity contribution in [3.8, 4) is 5.75 Å². The summed E-state index contributed by atoms with van der Waals surface area (Å²) in [4.78, 5) is 44.8. The number of benzene rings is 1. The summed E-state index contributed by atoms with van der Waals surface area (Å²) in [5, 5.41) is 0. The maximum atomic E-state index is 13.2. The quantitative estimate of drug-likeness (QED) is 0.501. The molecule has 33 heavy (non-hydrogen) atoms. The molecular weight excluding hydrogens is 422 g/mol. The lowest BCUT2D eigenvalue weighted by Gasteiger charge is -2.48. The number of carbonyl (C=O) groups excluding carboxylic acids is 3. The number of piperazine rings is 1. The molecule has 0 N–H and O–H groups in total. The van der Waals surface area contributed by atoms with Crippen LogP contribution in [0.2, 0.25) is 0 Å². The van der Waals surface area contributed by atoms with Crippen molar-refractivity contribution in [2.24, 2.45) is 5.92 Å². The Balaban J connectivity index is 1.56. The van der Waals surface area contributed by atoms with Crippen LogP contribution in [0, 0.1) is 5.92 Å². The second-order valence-electron chi connectivity index (χ2n) is 8.86. The van der Waals surface area contributed by atoms with Gasteiger partial charge in [0.05, 0.1) is 13.7 Å². The summed E-state index contributed by atoms with van der Waals surface area (Å²) in [6, 6.07) is 7.23. The van der Waals surface area contributed by atoms with Crippen LogP contribution in [0.5, 0.6) is 5.75 Å². The number of ether oxygens (including phenoxy) is 2. The molecular formula is C25H33N3O5. The summed E-state index contributed by atoms with van der Waals surface area (Å²) in [5.74, 6) is 0.0359. The SMILES string of the molecule is CCOC(=O)C1=C(N2CCN(C(=O)c3ccc(OC)cc3)CC2)C2CCCCC2N(C)C1=O. The van der Waals surface area contributed by atoms with E-state index in [0.717, 1.165) is 31.4 Å². The lowest BCUT2D eigenvalue weighted by molar-refractivity contribution is -0.144. The number of amides is 2. The maximum Gasteiger partial charge on any atom is 0.345 e. The highest BCUT2D eigenvalue weighted by Gasteiger charge is 2.46. The molecule has 1 aromatic carbocycles. The Bertz CT molecular complexity index is 934. The van der Waals surface area contributed by atoms with E-state index in [0.29, 0.717) is 37.5 Å². The molecule has 1 aliphatic carbocycles. The average Bonchev–Trinajstić information content (AvgIpc) is 2.86. The molecule has 1 saturated heterocycles. The fraction of sp³-hybridized carbons (Fsp3) is 0.560. The summed E-state index contributed by atoms with van der Waals surface area (Å²) in [7, 11) is 3.40. The number of fused-ring (bicyclic) bond motifs is 1. The summed E-state index contributed by atoms with van der Waals surface area (Å²) in [6.45, 7) is 4.21. The first-order valence-electron chi connectivity index (χ1n) is 11.8. The van der Waals surface area contributed by atoms with Crippen LogP contribution in [0.4, 0.5) is 0 Å². The maximum absolute atomic E-state index is 13.2. The van der Waals surface area contributed by atoms with Gasteiger partial charge in [0.2, 0.25) is 0 Å². The zero-order chi connectivity index (χ0) is 23.5. The fourth-order valence-corrected chi connectivity index (χ4v) is 5.37. The predicted octanol–water partition coefficient (Wildman–Crippen LogP) is 2.30. The van der Waals surface area contributed by atoms with Gasteiger partial charge >= 0.3 is 5.97 Å². The van der Waals surface area contributed by atoms with Crippen LogP contribution in [0.15, 0.2) is 35.5 Å². The van der Waals surface area contributed by atoms with Crippen LogP contribution in [0.3, 0.4) is 0 Å². The molecule has 8 heteroatoms. The molecule has 1 saturated carbocycles. The molecule has 178 valence electrons. The highest BCUT2D eigenvalue weighted by molar-refractivity contribution is 6.17. The highest BCUT2D eigenvalue weighted by Crippen LogP contribution is 2.40. The second kappa shape index (κ2) is 9.85. The van der Waals surface area contributed by atoms with Gasteiger partial charge in [-0.05, 0) is 44.0 Å². The number of methoxy groups -OCH3 is 1. The topological polar surface area (TPSA) is 79.4 Å². The summed E-state index contributed by atoms with van der Waals surface area (Å²) in [5.41, 5.74) is 1.63. The number of hydrogen-bond acceptors (Lipinski definition) is 6. The van der Waals surface area contributed by atoms with E-state index in [1.54, 1.807) is 50.2 Å². The van der Waals surface area contributed by atoms with Crippen LogP contribution in [0.25, 0.3) is 0 Å². The predicted molar refractivity (Wildman–Crippen MR) is 123 cm³/mol. The van der Waals surface area contributed by atoms with Crippen LogP contribution < -0.4 is 4.74 Å². The van der Waals surface area contributed by atoms with E-state index >= 15 is 0 Å². The molecule has 1 aromatic rings. The summed E-state index contributed by atoms with van der Waals surface area (Å²) < 4.78 is 10.5. The molecule has 3 aliphatic rings. The van der Waals surface area contributed by atoms with Gasteiger partial charge in [-0.15, -0.1) is 0 Å². The van der Waals surface area contributed by atoms with Crippen LogP contribution in [-0.2, 0) is 14.3 Å². The van der Waals surface area contributed by atoms with Crippen molar-refractivity contribution in [1.29, 1.82) is 0 Å². The van der Waals surface area contributed by atoms with Gasteiger partial charge in [-0.1, -0.05) is 12.8 Å². The highest BCUT2D eigenvalue weighted by atomic mass is 16.5. The molecule has 2 atom stereocenters. The van der Waals surface area contributed by atoms with Gasteiger partial charge in [0.1, 0.15) is 11.3 Å². The smallest absolute Gasteiger partial charge is 0.345 e. The number of hydrogen-bond donors (Lipinski definition) is 0. The van der Waals surface area contributed by atoms with Gasteiger partial charge in [-0.2, -0.15) is 0 Å². The van der Waals surface area contributed by atoms with Crippen LogP contribution in [-0.4, -0.2) is 85.5 Å². The van der Waals surface area contributed by atoms with Gasteiger partial charge < -0.3 is 24.2 Å². The van der Waals surface area contributed by atoms with Crippen LogP contribution in [0.1, 0.15) is 43.0 Å². The van der Waals surface area contributed by atoms with Gasteiger partial charge in [0, 0.05) is 56.4 Å². The Hall–Kier alpha value is -3.03. The molecule has 0 spiro atoms. The molecule has 0 radical (unpaired) electrons. The minimum absolute atomic E-state index is 0.0214. The third kappa shape index (κ3) is 4.43. The van der Waals surface area contributed by atoms with E-state index in [4.69, 9.17) is 9.47 Å². The Morgan fingerprint density at radius 1 is 1.03 bits per heavy atom. The van der Waals surface area contributed by atoms with Gasteiger partial charge in [-0.3, -0.25) is 9.59 Å². The van der Waals surface area contributed by atoms with Crippen molar-refractivity contribution < 1.29 is 23.9 Å². The standard InChI is InChI=1S/C25H33N3O5/c1-4-33-25(31)21-22(19-7-5-6-8-20(19)26(2)24(21)30)27-13-15-28(16-14-27)23(29)17-9-11-18(32-3)12-10-17/h9-12,19-20H,4-8,13-16H2,1-3H3. The Morgan fingerprint density at radius 3 is 2.33 bits per heavy atom. The molecule has 2 heterocycles. The Morgan fingerprint density at radius 2 is 1.70 bits per heavy atom. The van der Waals surface area contributed by atoms with Gasteiger partial charge in [0.25, 0.3) is 11.8 Å². The third-order valence-electron chi connectivity index (χ3n) is 7.09. The van der Waals surface area contributed by atoms with E-state index in [1.165, 1.54) is 0 Å². The molecule has 4 rings (SSSR count). The van der Waals surface area contributed by atoms with Crippen LogP contribution >= 0.6 is 0 Å². The minimum Gasteiger partial charge on any atom is -0.497 e. The van der Waals surface area contributed by atoms with E-state index < -0.39 is 5.97 Å². The van der Waals surface area contributed by atoms with Crippen molar-refractivity contribution in [3.63, 3.8) is 0 Å². The van der Waals surface area contributed by atoms with E-state index in [2.05, 4.69) is 4.90 Å². The monoisotopic (exact) mass is 455 g/mol. The van der Waals surface area contributed by atoms with Crippen molar-refractivity contribution >= 4 is 17.8 Å². The van der Waals surface area contributed by atoms with Gasteiger partial charge in [0.15, 0.2) is 0 Å². The number of rotatable bonds is 5. The Kier molecular flexibility index (Phi) is 6.91. The molecule has 2 unspecified atom stereocenters.